The molecule has 1 aromatic heterocycles. The van der Waals surface area contributed by atoms with Crippen LogP contribution in [0.3, 0.4) is 0 Å². The summed E-state index contributed by atoms with van der Waals surface area (Å²) in [4.78, 5) is 18.1. The largest absolute Gasteiger partial charge is 0.497 e. The van der Waals surface area contributed by atoms with Crippen molar-refractivity contribution in [3.8, 4) is 5.75 Å². The second kappa shape index (κ2) is 7.19. The number of pyridine rings is 1. The Morgan fingerprint density at radius 3 is 2.86 bits per heavy atom. The van der Waals surface area contributed by atoms with Crippen LogP contribution in [0.1, 0.15) is 10.4 Å². The molecule has 6 heteroatoms. The Labute approximate surface area is 131 Å². The molecule has 5 nitrogen and oxygen atoms in total. The maximum Gasteiger partial charge on any atom is 0.259 e. The van der Waals surface area contributed by atoms with E-state index < -0.39 is 0 Å². The number of carbonyl (C=O) groups excluding carboxylic acids is 1. The maximum atomic E-state index is 12.6. The third-order valence-electron chi connectivity index (χ3n) is 2.89. The fourth-order valence-electron chi connectivity index (χ4n) is 1.91. The van der Waals surface area contributed by atoms with Crippen LogP contribution in [-0.2, 0) is 0 Å². The molecule has 110 valence electrons. The first-order chi connectivity index (χ1) is 10.2. The van der Waals surface area contributed by atoms with Crippen LogP contribution in [0.5, 0.6) is 5.75 Å². The highest BCUT2D eigenvalue weighted by molar-refractivity contribution is 9.10. The van der Waals surface area contributed by atoms with E-state index in [0.29, 0.717) is 17.0 Å². The summed E-state index contributed by atoms with van der Waals surface area (Å²) in [6.07, 6.45) is 3.11. The Morgan fingerprint density at radius 2 is 2.19 bits per heavy atom. The van der Waals surface area contributed by atoms with Crippen LogP contribution in [-0.4, -0.2) is 36.3 Å². The zero-order valence-electron chi connectivity index (χ0n) is 11.5. The lowest BCUT2D eigenvalue weighted by Crippen LogP contribution is -2.33. The molecule has 0 aliphatic heterocycles. The second-order valence-corrected chi connectivity index (χ2v) is 5.19. The average molecular weight is 351 g/mol. The number of benzene rings is 1. The van der Waals surface area contributed by atoms with Crippen LogP contribution in [0, 0.1) is 0 Å². The highest BCUT2D eigenvalue weighted by atomic mass is 79.9. The Balaban J connectivity index is 2.35. The molecule has 0 spiro atoms. The number of methoxy groups -OCH3 is 1. The smallest absolute Gasteiger partial charge is 0.259 e. The molecule has 1 amide bonds. The Morgan fingerprint density at radius 1 is 1.38 bits per heavy atom. The van der Waals surface area contributed by atoms with E-state index in [1.807, 2.05) is 0 Å². The molecule has 21 heavy (non-hydrogen) atoms. The summed E-state index contributed by atoms with van der Waals surface area (Å²) in [5.74, 6) is 0.418. The minimum absolute atomic E-state index is 0.135. The Bertz CT molecular complexity index is 634. The average Bonchev–Trinajstić information content (AvgIpc) is 2.52. The molecule has 0 unspecified atom stereocenters. The number of amides is 1. The molecule has 1 heterocycles. The van der Waals surface area contributed by atoms with Gasteiger partial charge in [0.1, 0.15) is 5.75 Å². The van der Waals surface area contributed by atoms with E-state index in [1.165, 1.54) is 11.1 Å². The van der Waals surface area contributed by atoms with E-state index >= 15 is 0 Å². The topological polar surface area (TPSA) is 62.7 Å². The van der Waals surface area contributed by atoms with Crippen LogP contribution in [0.25, 0.3) is 0 Å². The number of rotatable bonds is 5. The first-order valence-electron chi connectivity index (χ1n) is 6.33. The molecule has 2 rings (SSSR count). The van der Waals surface area contributed by atoms with Crippen molar-refractivity contribution in [2.75, 3.05) is 25.2 Å². The standard InChI is InChI=1S/C15H15BrN2O3/c1-21-14-4-2-3-13(8-14)18(5-6-19)15(20)11-7-12(16)10-17-9-11/h2-4,7-10,19H,5-6H2,1H3. The monoisotopic (exact) mass is 350 g/mol. The van der Waals surface area contributed by atoms with Crippen molar-refractivity contribution in [2.24, 2.45) is 0 Å². The first-order valence-corrected chi connectivity index (χ1v) is 7.12. The van der Waals surface area contributed by atoms with Gasteiger partial charge in [-0.2, -0.15) is 0 Å². The van der Waals surface area contributed by atoms with Crippen LogP contribution < -0.4 is 9.64 Å². The van der Waals surface area contributed by atoms with E-state index in [1.54, 1.807) is 43.6 Å². The molecule has 0 saturated carbocycles. The SMILES string of the molecule is COc1cccc(N(CCO)C(=O)c2cncc(Br)c2)c1. The van der Waals surface area contributed by atoms with E-state index in [-0.39, 0.29) is 19.1 Å². The molecule has 1 N–H and O–H groups in total. The van der Waals surface area contributed by atoms with E-state index in [2.05, 4.69) is 20.9 Å². The van der Waals surface area contributed by atoms with Crippen molar-refractivity contribution in [3.63, 3.8) is 0 Å². The summed E-state index contributed by atoms with van der Waals surface area (Å²) in [6, 6.07) is 8.83. The molecule has 0 saturated heterocycles. The normalized spacial score (nSPS) is 10.2. The van der Waals surface area contributed by atoms with Gasteiger partial charge in [-0.15, -0.1) is 0 Å². The number of anilines is 1. The summed E-state index contributed by atoms with van der Waals surface area (Å²) in [6.45, 7) is 0.0584. The van der Waals surface area contributed by atoms with Crippen molar-refractivity contribution >= 4 is 27.5 Å². The summed E-state index contributed by atoms with van der Waals surface area (Å²) < 4.78 is 5.89. The lowest BCUT2D eigenvalue weighted by Gasteiger charge is -2.22. The van der Waals surface area contributed by atoms with Crippen molar-refractivity contribution < 1.29 is 14.6 Å². The lowest BCUT2D eigenvalue weighted by atomic mass is 10.2. The van der Waals surface area contributed by atoms with Gasteiger partial charge >= 0.3 is 0 Å². The van der Waals surface area contributed by atoms with Gasteiger partial charge in [0.25, 0.3) is 5.91 Å². The molecule has 0 bridgehead atoms. The van der Waals surface area contributed by atoms with Crippen LogP contribution in [0.2, 0.25) is 0 Å². The highest BCUT2D eigenvalue weighted by Crippen LogP contribution is 2.23. The molecule has 0 fully saturated rings. The molecule has 2 aromatic rings. The van der Waals surface area contributed by atoms with E-state index in [0.717, 1.165) is 4.47 Å². The van der Waals surface area contributed by atoms with E-state index in [4.69, 9.17) is 4.74 Å². The summed E-state index contributed by atoms with van der Waals surface area (Å²) in [5, 5.41) is 9.22. The second-order valence-electron chi connectivity index (χ2n) is 4.27. The number of carbonyl (C=O) groups is 1. The van der Waals surface area contributed by atoms with Gasteiger partial charge in [0.15, 0.2) is 0 Å². The summed E-state index contributed by atoms with van der Waals surface area (Å²) >= 11 is 3.29. The quantitative estimate of drug-likeness (QED) is 0.899. The minimum atomic E-state index is -0.230. The Hall–Kier alpha value is -1.92. The van der Waals surface area contributed by atoms with Crippen LogP contribution in [0.4, 0.5) is 5.69 Å². The van der Waals surface area contributed by atoms with Gasteiger partial charge in [0, 0.05) is 35.2 Å². The zero-order chi connectivity index (χ0) is 15.2. The number of halogens is 1. The fourth-order valence-corrected chi connectivity index (χ4v) is 2.28. The van der Waals surface area contributed by atoms with Crippen molar-refractivity contribution in [1.82, 2.24) is 4.98 Å². The van der Waals surface area contributed by atoms with E-state index in [9.17, 15) is 9.90 Å². The molecule has 0 aliphatic carbocycles. The predicted octanol–water partition coefficient (Wildman–Crippen LogP) is 2.49. The number of hydrogen-bond acceptors (Lipinski definition) is 4. The highest BCUT2D eigenvalue weighted by Gasteiger charge is 2.18. The third-order valence-corrected chi connectivity index (χ3v) is 3.32. The molecule has 0 radical (unpaired) electrons. The van der Waals surface area contributed by atoms with Crippen LogP contribution >= 0.6 is 15.9 Å². The maximum absolute atomic E-state index is 12.6. The lowest BCUT2D eigenvalue weighted by molar-refractivity contribution is 0.0980. The first kappa shape index (κ1) is 15.5. The van der Waals surface area contributed by atoms with Crippen molar-refractivity contribution in [3.05, 3.63) is 52.8 Å². The minimum Gasteiger partial charge on any atom is -0.497 e. The van der Waals surface area contributed by atoms with Crippen molar-refractivity contribution in [2.45, 2.75) is 0 Å². The van der Waals surface area contributed by atoms with Crippen LogP contribution in [0.15, 0.2) is 47.2 Å². The van der Waals surface area contributed by atoms with Gasteiger partial charge in [-0.05, 0) is 34.1 Å². The third kappa shape index (κ3) is 3.80. The molecule has 0 atom stereocenters. The van der Waals surface area contributed by atoms with Gasteiger partial charge in [0.2, 0.25) is 0 Å². The van der Waals surface area contributed by atoms with Gasteiger partial charge in [-0.1, -0.05) is 6.07 Å². The number of nitrogens with zero attached hydrogens (tertiary/aromatic N) is 2. The number of ether oxygens (including phenoxy) is 1. The van der Waals surface area contributed by atoms with Gasteiger partial charge in [-0.3, -0.25) is 9.78 Å². The molecule has 1 aromatic carbocycles. The number of aliphatic hydroxyl groups is 1. The Kier molecular flexibility index (Phi) is 5.30. The summed E-state index contributed by atoms with van der Waals surface area (Å²) in [7, 11) is 1.57. The number of hydrogen-bond donors (Lipinski definition) is 1. The van der Waals surface area contributed by atoms with Gasteiger partial charge < -0.3 is 14.7 Å². The zero-order valence-corrected chi connectivity index (χ0v) is 13.1. The summed E-state index contributed by atoms with van der Waals surface area (Å²) in [5.41, 5.74) is 1.11. The molecular formula is C15H15BrN2O3. The van der Waals surface area contributed by atoms with Crippen molar-refractivity contribution in [1.29, 1.82) is 0 Å². The number of aliphatic hydroxyl groups excluding tert-OH is 1. The molecular weight excluding hydrogens is 336 g/mol. The predicted molar refractivity (Wildman–Crippen MR) is 83.7 cm³/mol. The number of aromatic nitrogens is 1. The van der Waals surface area contributed by atoms with Gasteiger partial charge in [0.05, 0.1) is 19.3 Å². The fraction of sp³-hybridized carbons (Fsp3) is 0.200. The van der Waals surface area contributed by atoms with Gasteiger partial charge in [-0.25, -0.2) is 0 Å². The molecule has 0 aliphatic rings.